The number of carbonyl (C=O) groups excluding carboxylic acids is 2. The maximum atomic E-state index is 10.9. The van der Waals surface area contributed by atoms with Gasteiger partial charge in [-0.15, -0.1) is 4.68 Å². The Morgan fingerprint density at radius 3 is 3.09 bits per heavy atom. The maximum Gasteiger partial charge on any atom is 0.260 e. The van der Waals surface area contributed by atoms with E-state index in [1.54, 1.807) is 0 Å². The molecule has 0 radical (unpaired) electrons. The number of hydrogen-bond acceptors (Lipinski definition) is 5. The van der Waals surface area contributed by atoms with Crippen molar-refractivity contribution in [2.75, 3.05) is 5.32 Å². The van der Waals surface area contributed by atoms with E-state index in [-0.39, 0.29) is 18.3 Å². The second kappa shape index (κ2) is 1.84. The second-order valence-corrected chi connectivity index (χ2v) is 2.03. The minimum absolute atomic E-state index is 0.0891. The van der Waals surface area contributed by atoms with Crippen LogP contribution in [0.1, 0.15) is 11.2 Å². The quantitative estimate of drug-likeness (QED) is 0.368. The lowest BCUT2D eigenvalue weighted by Gasteiger charge is -2.08. The smallest absolute Gasteiger partial charge is 0.260 e. The van der Waals surface area contributed by atoms with E-state index in [1.807, 2.05) is 0 Å². The number of nitrogens with one attached hydrogen (secondary N) is 1. The van der Waals surface area contributed by atoms with E-state index in [4.69, 9.17) is 0 Å². The molecule has 1 amide bonds. The first-order chi connectivity index (χ1) is 5.27. The van der Waals surface area contributed by atoms with Crippen LogP contribution in [0, 0.1) is 0 Å². The monoisotopic (exact) mass is 153 g/mol. The summed E-state index contributed by atoms with van der Waals surface area (Å²) in [4.78, 5) is 21.6. The van der Waals surface area contributed by atoms with E-state index in [9.17, 15) is 9.59 Å². The number of hydrogen-bond donors (Lipinski definition) is 1. The Hall–Kier alpha value is -1.79. The largest absolute Gasteiger partial charge is 0.293 e. The lowest BCUT2D eigenvalue weighted by atomic mass is 10.3. The fraction of sp³-hybridized carbons (Fsp3) is 0.250. The fourth-order valence-electron chi connectivity index (χ4n) is 0.814. The number of fused-ring (bicyclic) bond motifs is 1. The maximum absolute atomic E-state index is 10.9. The molecule has 1 aliphatic rings. The zero-order valence-electron chi connectivity index (χ0n) is 5.31. The highest BCUT2D eigenvalue weighted by molar-refractivity contribution is 6.07. The van der Waals surface area contributed by atoms with Crippen molar-refractivity contribution in [2.24, 2.45) is 0 Å². The molecule has 56 valence electrons. The number of tetrazole rings is 1. The molecule has 2 heterocycles. The number of aromatic nitrogens is 4. The molecule has 0 saturated carbocycles. The van der Waals surface area contributed by atoms with Gasteiger partial charge in [0.1, 0.15) is 6.42 Å². The van der Waals surface area contributed by atoms with Crippen LogP contribution in [-0.2, 0) is 4.79 Å². The van der Waals surface area contributed by atoms with Gasteiger partial charge >= 0.3 is 0 Å². The van der Waals surface area contributed by atoms with Gasteiger partial charge in [0, 0.05) is 0 Å². The van der Waals surface area contributed by atoms with E-state index < -0.39 is 5.91 Å². The zero-order chi connectivity index (χ0) is 7.84. The Balaban J connectivity index is 2.52. The van der Waals surface area contributed by atoms with E-state index >= 15 is 0 Å². The molecule has 1 aliphatic heterocycles. The third kappa shape index (κ3) is 0.775. The normalized spacial score (nSPS) is 16.0. The summed E-state index contributed by atoms with van der Waals surface area (Å²) < 4.78 is 0.960. The van der Waals surface area contributed by atoms with Gasteiger partial charge in [-0.3, -0.25) is 14.9 Å². The highest BCUT2D eigenvalue weighted by Crippen LogP contribution is 2.07. The molecule has 0 unspecified atom stereocenters. The Labute approximate surface area is 60.4 Å². The molecule has 0 aromatic carbocycles. The third-order valence-corrected chi connectivity index (χ3v) is 1.27. The number of nitrogens with zero attached hydrogens (tertiary/aromatic N) is 4. The molecule has 0 atom stereocenters. The first-order valence-electron chi connectivity index (χ1n) is 2.89. The molecule has 0 bridgehead atoms. The first kappa shape index (κ1) is 5.96. The summed E-state index contributed by atoms with van der Waals surface area (Å²) in [5, 5.41) is 12.3. The summed E-state index contributed by atoms with van der Waals surface area (Å²) >= 11 is 0. The Morgan fingerprint density at radius 1 is 1.45 bits per heavy atom. The van der Waals surface area contributed by atoms with Gasteiger partial charge in [-0.1, -0.05) is 5.10 Å². The summed E-state index contributed by atoms with van der Waals surface area (Å²) in [7, 11) is 0. The summed E-state index contributed by atoms with van der Waals surface area (Å²) in [6.45, 7) is 0. The number of anilines is 1. The van der Waals surface area contributed by atoms with Crippen LogP contribution in [-0.4, -0.2) is 32.0 Å². The minimum Gasteiger partial charge on any atom is -0.293 e. The van der Waals surface area contributed by atoms with Gasteiger partial charge in [-0.2, -0.15) is 0 Å². The van der Waals surface area contributed by atoms with E-state index in [0.29, 0.717) is 0 Å². The van der Waals surface area contributed by atoms with E-state index in [0.717, 1.165) is 4.68 Å². The zero-order valence-corrected chi connectivity index (χ0v) is 5.31. The van der Waals surface area contributed by atoms with Crippen molar-refractivity contribution in [3.63, 3.8) is 0 Å². The SMILES string of the molecule is O=C1CC(=O)n2nnnc2N1. The molecular weight excluding hydrogens is 150 g/mol. The number of carbonyl (C=O) groups is 2. The average molecular weight is 153 g/mol. The highest BCUT2D eigenvalue weighted by atomic mass is 16.2. The summed E-state index contributed by atoms with van der Waals surface area (Å²) in [5.41, 5.74) is 0. The Bertz CT molecular complexity index is 329. The molecule has 1 aromatic rings. The van der Waals surface area contributed by atoms with Crippen molar-refractivity contribution < 1.29 is 9.59 Å². The molecule has 2 rings (SSSR count). The van der Waals surface area contributed by atoms with Gasteiger partial charge < -0.3 is 0 Å². The minimum atomic E-state index is -0.409. The lowest BCUT2D eigenvalue weighted by molar-refractivity contribution is -0.115. The lowest BCUT2D eigenvalue weighted by Crippen LogP contribution is -2.30. The molecule has 1 N–H and O–H groups in total. The van der Waals surface area contributed by atoms with Gasteiger partial charge in [-0.05, 0) is 10.4 Å². The molecule has 7 heteroatoms. The van der Waals surface area contributed by atoms with E-state index in [1.165, 1.54) is 0 Å². The molecule has 7 nitrogen and oxygen atoms in total. The summed E-state index contributed by atoms with van der Waals surface area (Å²) in [5.74, 6) is -0.697. The predicted molar refractivity (Wildman–Crippen MR) is 31.7 cm³/mol. The topological polar surface area (TPSA) is 89.8 Å². The van der Waals surface area contributed by atoms with Crippen molar-refractivity contribution >= 4 is 17.8 Å². The van der Waals surface area contributed by atoms with Crippen LogP contribution < -0.4 is 5.32 Å². The van der Waals surface area contributed by atoms with Crippen molar-refractivity contribution in [3.8, 4) is 0 Å². The van der Waals surface area contributed by atoms with Crippen molar-refractivity contribution in [1.82, 2.24) is 20.2 Å². The third-order valence-electron chi connectivity index (χ3n) is 1.27. The molecule has 11 heavy (non-hydrogen) atoms. The predicted octanol–water partition coefficient (Wildman–Crippen LogP) is -1.34. The number of rotatable bonds is 0. The van der Waals surface area contributed by atoms with Gasteiger partial charge in [0.05, 0.1) is 0 Å². The standard InChI is InChI=1S/C4H3N5O2/c10-2-1-3(11)9-4(5-2)6-7-8-9/h1H2,(H,5,6,8,10). The number of amides is 1. The van der Waals surface area contributed by atoms with Crippen molar-refractivity contribution in [3.05, 3.63) is 0 Å². The van der Waals surface area contributed by atoms with Crippen molar-refractivity contribution in [1.29, 1.82) is 0 Å². The molecule has 0 spiro atoms. The van der Waals surface area contributed by atoms with Crippen LogP contribution in [0.2, 0.25) is 0 Å². The Morgan fingerprint density at radius 2 is 2.27 bits per heavy atom. The second-order valence-electron chi connectivity index (χ2n) is 2.03. The van der Waals surface area contributed by atoms with Gasteiger partial charge in [0.2, 0.25) is 5.91 Å². The van der Waals surface area contributed by atoms with Gasteiger partial charge in [0.25, 0.3) is 11.9 Å². The van der Waals surface area contributed by atoms with Gasteiger partial charge in [0.15, 0.2) is 0 Å². The van der Waals surface area contributed by atoms with Crippen LogP contribution in [0.4, 0.5) is 5.95 Å². The molecule has 0 aliphatic carbocycles. The van der Waals surface area contributed by atoms with Crippen LogP contribution in [0.25, 0.3) is 0 Å². The average Bonchev–Trinajstić information content (AvgIpc) is 2.34. The Kier molecular flexibility index (Phi) is 0.999. The van der Waals surface area contributed by atoms with E-state index in [2.05, 4.69) is 20.8 Å². The summed E-state index contributed by atoms with van der Waals surface area (Å²) in [6.07, 6.45) is -0.196. The molecule has 1 aromatic heterocycles. The van der Waals surface area contributed by atoms with Crippen LogP contribution >= 0.6 is 0 Å². The molecule has 0 saturated heterocycles. The summed E-state index contributed by atoms with van der Waals surface area (Å²) in [6, 6.07) is 0. The van der Waals surface area contributed by atoms with Crippen LogP contribution in [0.5, 0.6) is 0 Å². The highest BCUT2D eigenvalue weighted by Gasteiger charge is 2.24. The van der Waals surface area contributed by atoms with Crippen LogP contribution in [0.15, 0.2) is 0 Å². The first-order valence-corrected chi connectivity index (χ1v) is 2.89. The molecule has 0 fully saturated rings. The molecular formula is C4H3N5O2. The van der Waals surface area contributed by atoms with Crippen LogP contribution in [0.3, 0.4) is 0 Å². The fourth-order valence-corrected chi connectivity index (χ4v) is 0.814. The van der Waals surface area contributed by atoms with Gasteiger partial charge in [-0.25, -0.2) is 0 Å². The van der Waals surface area contributed by atoms with Crippen molar-refractivity contribution in [2.45, 2.75) is 6.42 Å².